The van der Waals surface area contributed by atoms with E-state index in [9.17, 15) is 14.4 Å². The van der Waals surface area contributed by atoms with Gasteiger partial charge in [-0.05, 0) is 68.9 Å². The summed E-state index contributed by atoms with van der Waals surface area (Å²) in [4.78, 5) is 49.6. The molecule has 0 bridgehead atoms. The fraction of sp³-hybridized carbons (Fsp3) is 0.343. The maximum absolute atomic E-state index is 14.1. The van der Waals surface area contributed by atoms with Gasteiger partial charge >= 0.3 is 6.03 Å². The van der Waals surface area contributed by atoms with E-state index < -0.39 is 18.0 Å². The van der Waals surface area contributed by atoms with E-state index in [0.717, 1.165) is 33.3 Å². The zero-order valence-electron chi connectivity index (χ0n) is 26.6. The Morgan fingerprint density at radius 3 is 2.53 bits per heavy atom. The number of hydrogen-bond acceptors (Lipinski definition) is 5. The zero-order chi connectivity index (χ0) is 32.1. The van der Waals surface area contributed by atoms with Gasteiger partial charge in [-0.2, -0.15) is 0 Å². The molecule has 2 unspecified atom stereocenters. The lowest BCUT2D eigenvalue weighted by Gasteiger charge is -2.36. The predicted molar refractivity (Wildman–Crippen MR) is 178 cm³/mol. The molecule has 1 aliphatic heterocycles. The first-order valence-corrected chi connectivity index (χ1v) is 15.3. The highest BCUT2D eigenvalue weighted by Crippen LogP contribution is 2.31. The minimum absolute atomic E-state index is 0.0863. The average Bonchev–Trinajstić information content (AvgIpc) is 3.45. The largest absolute Gasteiger partial charge is 0.492 e. The lowest BCUT2D eigenvalue weighted by Crippen LogP contribution is -2.58. The number of ether oxygens (including phenoxy) is 1. The van der Waals surface area contributed by atoms with Crippen molar-refractivity contribution in [2.45, 2.75) is 39.3 Å². The van der Waals surface area contributed by atoms with Gasteiger partial charge in [-0.1, -0.05) is 49.4 Å². The van der Waals surface area contributed by atoms with E-state index >= 15 is 0 Å². The van der Waals surface area contributed by atoms with Crippen molar-refractivity contribution in [2.75, 3.05) is 50.6 Å². The Bertz CT molecular complexity index is 1680. The van der Waals surface area contributed by atoms with Crippen LogP contribution < -0.4 is 20.3 Å². The van der Waals surface area contributed by atoms with E-state index in [1.165, 1.54) is 4.90 Å². The second kappa shape index (κ2) is 13.9. The molecule has 1 saturated heterocycles. The lowest BCUT2D eigenvalue weighted by atomic mass is 9.92. The molecule has 3 aromatic carbocycles. The van der Waals surface area contributed by atoms with Gasteiger partial charge in [-0.25, -0.2) is 4.79 Å². The van der Waals surface area contributed by atoms with Crippen LogP contribution in [0.2, 0.25) is 0 Å². The first-order chi connectivity index (χ1) is 21.7. The molecular weight excluding hydrogens is 568 g/mol. The highest BCUT2D eigenvalue weighted by molar-refractivity contribution is 6.01. The average molecular weight is 611 g/mol. The van der Waals surface area contributed by atoms with Crippen LogP contribution in [0.3, 0.4) is 0 Å². The minimum Gasteiger partial charge on any atom is -0.492 e. The number of urea groups is 1. The Morgan fingerprint density at radius 1 is 1.04 bits per heavy atom. The number of nitrogens with zero attached hydrogens (tertiary/aromatic N) is 3. The molecule has 0 spiro atoms. The predicted octanol–water partition coefficient (Wildman–Crippen LogP) is 5.11. The summed E-state index contributed by atoms with van der Waals surface area (Å²) in [6, 6.07) is 19.9. The molecule has 0 aliphatic carbocycles. The number of H-pyrrole nitrogens is 1. The number of aromatic nitrogens is 1. The summed E-state index contributed by atoms with van der Waals surface area (Å²) in [5.74, 6) is -0.407. The highest BCUT2D eigenvalue weighted by Gasteiger charge is 2.34. The van der Waals surface area contributed by atoms with Gasteiger partial charge in [0, 0.05) is 48.3 Å². The van der Waals surface area contributed by atoms with Crippen molar-refractivity contribution in [1.82, 2.24) is 20.1 Å². The van der Waals surface area contributed by atoms with Crippen LogP contribution in [0.4, 0.5) is 16.2 Å². The van der Waals surface area contributed by atoms with Gasteiger partial charge in [0.1, 0.15) is 18.3 Å². The Hall–Kier alpha value is -4.83. The molecule has 2 heterocycles. The van der Waals surface area contributed by atoms with Crippen LogP contribution in [0.1, 0.15) is 36.5 Å². The Balaban J connectivity index is 1.40. The van der Waals surface area contributed by atoms with Crippen molar-refractivity contribution in [3.63, 3.8) is 0 Å². The number of nitrogens with one attached hydrogen (secondary N) is 3. The summed E-state index contributed by atoms with van der Waals surface area (Å²) in [6.07, 6.45) is 1.88. The number of rotatable bonds is 10. The fourth-order valence-electron chi connectivity index (χ4n) is 5.89. The van der Waals surface area contributed by atoms with Gasteiger partial charge in [0.25, 0.3) is 0 Å². The summed E-state index contributed by atoms with van der Waals surface area (Å²) in [6.45, 7) is 7.51. The number of carbonyl (C=O) groups is 3. The summed E-state index contributed by atoms with van der Waals surface area (Å²) < 4.78 is 5.84. The van der Waals surface area contributed by atoms with Crippen LogP contribution in [-0.2, 0) is 16.1 Å². The maximum Gasteiger partial charge on any atom is 0.318 e. The smallest absolute Gasteiger partial charge is 0.318 e. The maximum atomic E-state index is 14.1. The molecule has 0 saturated carbocycles. The highest BCUT2D eigenvalue weighted by atomic mass is 16.5. The van der Waals surface area contributed by atoms with Gasteiger partial charge in [-0.3, -0.25) is 9.59 Å². The van der Waals surface area contributed by atoms with Crippen LogP contribution in [0.25, 0.3) is 10.9 Å². The monoisotopic (exact) mass is 610 g/mol. The molecule has 1 aliphatic rings. The molecule has 45 heavy (non-hydrogen) atoms. The van der Waals surface area contributed by atoms with Gasteiger partial charge in [0.05, 0.1) is 12.3 Å². The molecule has 3 N–H and O–H groups in total. The van der Waals surface area contributed by atoms with E-state index in [2.05, 4.69) is 15.6 Å². The van der Waals surface area contributed by atoms with E-state index in [0.29, 0.717) is 37.7 Å². The summed E-state index contributed by atoms with van der Waals surface area (Å²) >= 11 is 0. The standard InChI is InChI=1S/C35H42N6O4/c1-6-45-31-16-15-25(21-39(4)5)19-29(31)37-34(43)33(24(3)27-20-36-28-13-9-8-12-26(27)28)38-35(44)40-17-18-41(32(42)22-40)30-14-10-7-11-23(30)2/h7-16,19-20,24,33,36H,6,17-18,21-22H2,1-5H3,(H,37,43)(H,38,44). The van der Waals surface area contributed by atoms with Gasteiger partial charge in [0.2, 0.25) is 11.8 Å². The van der Waals surface area contributed by atoms with Crippen molar-refractivity contribution in [3.8, 4) is 5.75 Å². The third-order valence-corrected chi connectivity index (χ3v) is 8.19. The molecule has 0 radical (unpaired) electrons. The van der Waals surface area contributed by atoms with Gasteiger partial charge in [0.15, 0.2) is 0 Å². The molecule has 5 rings (SSSR count). The third kappa shape index (κ3) is 7.12. The van der Waals surface area contributed by atoms with Crippen LogP contribution in [-0.4, -0.2) is 79.0 Å². The van der Waals surface area contributed by atoms with Crippen LogP contribution in [0.15, 0.2) is 72.9 Å². The Labute approximate surface area is 264 Å². The number of fused-ring (bicyclic) bond motifs is 1. The van der Waals surface area contributed by atoms with Crippen molar-refractivity contribution in [3.05, 3.63) is 89.6 Å². The number of carbonyl (C=O) groups excluding carboxylic acids is 3. The van der Waals surface area contributed by atoms with Crippen LogP contribution in [0.5, 0.6) is 5.75 Å². The molecule has 10 heteroatoms. The van der Waals surface area contributed by atoms with Crippen molar-refractivity contribution >= 4 is 40.1 Å². The number of anilines is 2. The summed E-state index contributed by atoms with van der Waals surface area (Å²) in [5.41, 5.74) is 5.22. The second-order valence-corrected chi connectivity index (χ2v) is 11.7. The molecule has 4 amide bonds. The fourth-order valence-corrected chi connectivity index (χ4v) is 5.89. The Morgan fingerprint density at radius 2 is 1.80 bits per heavy atom. The summed E-state index contributed by atoms with van der Waals surface area (Å²) in [7, 11) is 3.96. The first-order valence-electron chi connectivity index (χ1n) is 15.3. The zero-order valence-corrected chi connectivity index (χ0v) is 26.6. The molecular formula is C35H42N6O4. The SMILES string of the molecule is CCOc1ccc(CN(C)C)cc1NC(=O)C(NC(=O)N1CCN(c2ccccc2C)C(=O)C1)C(C)c1c[nH]c2ccccc12. The minimum atomic E-state index is -0.951. The van der Waals surface area contributed by atoms with Crippen molar-refractivity contribution in [1.29, 1.82) is 0 Å². The molecule has 4 aromatic rings. The first kappa shape index (κ1) is 31.6. The quantitative estimate of drug-likeness (QED) is 0.231. The van der Waals surface area contributed by atoms with Crippen LogP contribution in [0, 0.1) is 6.92 Å². The van der Waals surface area contributed by atoms with E-state index in [-0.39, 0.29) is 18.4 Å². The number of amides is 4. The molecule has 1 fully saturated rings. The second-order valence-electron chi connectivity index (χ2n) is 11.7. The third-order valence-electron chi connectivity index (χ3n) is 8.19. The summed E-state index contributed by atoms with van der Waals surface area (Å²) in [5, 5.41) is 7.01. The number of hydrogen-bond donors (Lipinski definition) is 3. The van der Waals surface area contributed by atoms with E-state index in [4.69, 9.17) is 4.74 Å². The Kier molecular flexibility index (Phi) is 9.73. The lowest BCUT2D eigenvalue weighted by molar-refractivity contribution is -0.120. The number of piperazine rings is 1. The molecule has 236 valence electrons. The number of para-hydroxylation sites is 2. The van der Waals surface area contributed by atoms with E-state index in [1.807, 2.05) is 113 Å². The van der Waals surface area contributed by atoms with Gasteiger partial charge < -0.3 is 35.1 Å². The van der Waals surface area contributed by atoms with Crippen molar-refractivity contribution in [2.24, 2.45) is 0 Å². The number of aromatic amines is 1. The topological polar surface area (TPSA) is 110 Å². The number of aryl methyl sites for hydroxylation is 1. The molecule has 2 atom stereocenters. The van der Waals surface area contributed by atoms with E-state index in [1.54, 1.807) is 4.90 Å². The molecule has 10 nitrogen and oxygen atoms in total. The van der Waals surface area contributed by atoms with Crippen LogP contribution >= 0.6 is 0 Å². The molecule has 1 aromatic heterocycles. The van der Waals surface area contributed by atoms with Crippen molar-refractivity contribution < 1.29 is 19.1 Å². The normalized spacial score (nSPS) is 14.8. The number of benzene rings is 3. The van der Waals surface area contributed by atoms with Gasteiger partial charge in [-0.15, -0.1) is 0 Å².